The first-order valence-corrected chi connectivity index (χ1v) is 9.61. The van der Waals surface area contributed by atoms with E-state index in [1.165, 1.54) is 0 Å². The Morgan fingerprint density at radius 1 is 1.12 bits per heavy atom. The van der Waals surface area contributed by atoms with Gasteiger partial charge in [-0.3, -0.25) is 0 Å². The number of carbonyl (C=O) groups excluding carboxylic acids is 1. The summed E-state index contributed by atoms with van der Waals surface area (Å²) in [6.07, 6.45) is 0. The maximum absolute atomic E-state index is 12.4. The Kier molecular flexibility index (Phi) is 8.04. The fourth-order valence-electron chi connectivity index (χ4n) is 2.97. The van der Waals surface area contributed by atoms with Crippen molar-refractivity contribution in [1.82, 2.24) is 10.2 Å². The SMILES string of the molecule is CCOc1ccccc1N1CCN(C(=O)NC(C)COCC(C)C)CC1. The fourth-order valence-corrected chi connectivity index (χ4v) is 2.97. The number of urea groups is 1. The Balaban J connectivity index is 1.80. The summed E-state index contributed by atoms with van der Waals surface area (Å²) in [4.78, 5) is 16.6. The smallest absolute Gasteiger partial charge is 0.317 e. The predicted octanol–water partition coefficient (Wildman–Crippen LogP) is 2.98. The van der Waals surface area contributed by atoms with E-state index in [2.05, 4.69) is 30.1 Å². The van der Waals surface area contributed by atoms with Crippen molar-refractivity contribution in [3.8, 4) is 5.75 Å². The summed E-state index contributed by atoms with van der Waals surface area (Å²) < 4.78 is 11.3. The average Bonchev–Trinajstić information content (AvgIpc) is 2.62. The lowest BCUT2D eigenvalue weighted by Crippen LogP contribution is -2.53. The van der Waals surface area contributed by atoms with Gasteiger partial charge in [0.05, 0.1) is 24.9 Å². The van der Waals surface area contributed by atoms with Crippen molar-refractivity contribution in [1.29, 1.82) is 0 Å². The van der Waals surface area contributed by atoms with Gasteiger partial charge in [-0.15, -0.1) is 0 Å². The number of piperazine rings is 1. The van der Waals surface area contributed by atoms with Gasteiger partial charge < -0.3 is 24.6 Å². The molecule has 0 aliphatic carbocycles. The van der Waals surface area contributed by atoms with Gasteiger partial charge >= 0.3 is 6.03 Å². The standard InChI is InChI=1S/C20H33N3O3/c1-5-26-19-9-7-6-8-18(19)22-10-12-23(13-11-22)20(24)21-17(4)15-25-14-16(2)3/h6-9,16-17H,5,10-15H2,1-4H3,(H,21,24). The van der Waals surface area contributed by atoms with Crippen molar-refractivity contribution in [2.45, 2.75) is 33.7 Å². The molecule has 26 heavy (non-hydrogen) atoms. The highest BCUT2D eigenvalue weighted by molar-refractivity contribution is 5.75. The van der Waals surface area contributed by atoms with Crippen LogP contribution in [0.3, 0.4) is 0 Å². The van der Waals surface area contributed by atoms with Crippen LogP contribution in [0.25, 0.3) is 0 Å². The molecule has 146 valence electrons. The van der Waals surface area contributed by atoms with Crippen molar-refractivity contribution >= 4 is 11.7 Å². The van der Waals surface area contributed by atoms with Crippen LogP contribution in [-0.4, -0.2) is 63.0 Å². The number of anilines is 1. The third kappa shape index (κ3) is 6.09. The lowest BCUT2D eigenvalue weighted by molar-refractivity contribution is 0.0931. The van der Waals surface area contributed by atoms with Crippen molar-refractivity contribution in [2.24, 2.45) is 5.92 Å². The Hall–Kier alpha value is -1.95. The molecule has 2 amide bonds. The molecule has 1 aromatic carbocycles. The number of nitrogens with one attached hydrogen (secondary N) is 1. The predicted molar refractivity (Wildman–Crippen MR) is 105 cm³/mol. The van der Waals surface area contributed by atoms with Gasteiger partial charge in [-0.25, -0.2) is 4.79 Å². The van der Waals surface area contributed by atoms with E-state index >= 15 is 0 Å². The minimum Gasteiger partial charge on any atom is -0.492 e. The summed E-state index contributed by atoms with van der Waals surface area (Å²) in [6, 6.07) is 8.09. The molecule has 1 atom stereocenters. The van der Waals surface area contributed by atoms with Crippen LogP contribution in [0.1, 0.15) is 27.7 Å². The first-order valence-electron chi connectivity index (χ1n) is 9.61. The monoisotopic (exact) mass is 363 g/mol. The second-order valence-corrected chi connectivity index (χ2v) is 7.16. The third-order valence-corrected chi connectivity index (χ3v) is 4.26. The minimum atomic E-state index is -0.0107. The average molecular weight is 364 g/mol. The summed E-state index contributed by atoms with van der Waals surface area (Å²) in [5.74, 6) is 1.41. The summed E-state index contributed by atoms with van der Waals surface area (Å²) in [5, 5.41) is 3.03. The van der Waals surface area contributed by atoms with Gasteiger partial charge in [0.15, 0.2) is 0 Å². The lowest BCUT2D eigenvalue weighted by Gasteiger charge is -2.37. The highest BCUT2D eigenvalue weighted by Crippen LogP contribution is 2.28. The zero-order chi connectivity index (χ0) is 18.9. The maximum Gasteiger partial charge on any atom is 0.317 e. The zero-order valence-corrected chi connectivity index (χ0v) is 16.5. The summed E-state index contributed by atoms with van der Waals surface area (Å²) >= 11 is 0. The molecule has 1 N–H and O–H groups in total. The molecule has 1 heterocycles. The van der Waals surface area contributed by atoms with Crippen molar-refractivity contribution in [3.05, 3.63) is 24.3 Å². The number of amides is 2. The number of nitrogens with zero attached hydrogens (tertiary/aromatic N) is 2. The number of para-hydroxylation sites is 2. The number of hydrogen-bond donors (Lipinski definition) is 1. The molecule has 1 fully saturated rings. The lowest BCUT2D eigenvalue weighted by atomic mass is 10.2. The Morgan fingerprint density at radius 3 is 2.46 bits per heavy atom. The van der Waals surface area contributed by atoms with Crippen LogP contribution in [0.5, 0.6) is 5.75 Å². The molecular weight excluding hydrogens is 330 g/mol. The highest BCUT2D eigenvalue weighted by atomic mass is 16.5. The van der Waals surface area contributed by atoms with E-state index < -0.39 is 0 Å². The number of carbonyl (C=O) groups is 1. The van der Waals surface area contributed by atoms with Gasteiger partial charge in [-0.05, 0) is 31.9 Å². The second kappa shape index (κ2) is 10.3. The molecule has 0 bridgehead atoms. The molecular formula is C20H33N3O3. The topological polar surface area (TPSA) is 54.0 Å². The summed E-state index contributed by atoms with van der Waals surface area (Å²) in [6.45, 7) is 13.1. The highest BCUT2D eigenvalue weighted by Gasteiger charge is 2.23. The van der Waals surface area contributed by atoms with E-state index in [9.17, 15) is 4.79 Å². The van der Waals surface area contributed by atoms with E-state index in [0.717, 1.165) is 31.1 Å². The summed E-state index contributed by atoms with van der Waals surface area (Å²) in [5.41, 5.74) is 1.10. The van der Waals surface area contributed by atoms with Crippen LogP contribution in [-0.2, 0) is 4.74 Å². The first-order chi connectivity index (χ1) is 12.5. The van der Waals surface area contributed by atoms with Crippen LogP contribution < -0.4 is 15.0 Å². The quantitative estimate of drug-likeness (QED) is 0.771. The molecule has 0 spiro atoms. The van der Waals surface area contributed by atoms with Gasteiger partial charge in [-0.1, -0.05) is 26.0 Å². The van der Waals surface area contributed by atoms with Crippen LogP contribution in [0.15, 0.2) is 24.3 Å². The minimum absolute atomic E-state index is 0.0107. The number of benzene rings is 1. The fraction of sp³-hybridized carbons (Fsp3) is 0.650. The molecule has 0 aromatic heterocycles. The van der Waals surface area contributed by atoms with Crippen LogP contribution >= 0.6 is 0 Å². The van der Waals surface area contributed by atoms with E-state index in [1.807, 2.05) is 36.9 Å². The van der Waals surface area contributed by atoms with Crippen LogP contribution in [0.4, 0.5) is 10.5 Å². The molecule has 6 nitrogen and oxygen atoms in total. The first kappa shape index (κ1) is 20.4. The number of hydrogen-bond acceptors (Lipinski definition) is 4. The van der Waals surface area contributed by atoms with E-state index in [1.54, 1.807) is 0 Å². The van der Waals surface area contributed by atoms with Gasteiger partial charge in [0.2, 0.25) is 0 Å². The van der Waals surface area contributed by atoms with Gasteiger partial charge in [0, 0.05) is 32.8 Å². The molecule has 2 rings (SSSR count). The Labute approximate surface area is 157 Å². The molecule has 0 radical (unpaired) electrons. The van der Waals surface area contributed by atoms with E-state index in [-0.39, 0.29) is 12.1 Å². The molecule has 1 unspecified atom stereocenters. The molecule has 1 saturated heterocycles. The van der Waals surface area contributed by atoms with Gasteiger partial charge in [0.25, 0.3) is 0 Å². The molecule has 0 saturated carbocycles. The zero-order valence-electron chi connectivity index (χ0n) is 16.5. The second-order valence-electron chi connectivity index (χ2n) is 7.16. The third-order valence-electron chi connectivity index (χ3n) is 4.26. The molecule has 1 aliphatic rings. The number of rotatable bonds is 8. The van der Waals surface area contributed by atoms with Gasteiger partial charge in [0.1, 0.15) is 5.75 Å². The van der Waals surface area contributed by atoms with Crippen molar-refractivity contribution in [2.75, 3.05) is 50.9 Å². The molecule has 6 heteroatoms. The van der Waals surface area contributed by atoms with Crippen LogP contribution in [0.2, 0.25) is 0 Å². The largest absolute Gasteiger partial charge is 0.492 e. The molecule has 1 aromatic rings. The Morgan fingerprint density at radius 2 is 1.81 bits per heavy atom. The van der Waals surface area contributed by atoms with E-state index in [4.69, 9.17) is 9.47 Å². The van der Waals surface area contributed by atoms with E-state index in [0.29, 0.717) is 32.2 Å². The van der Waals surface area contributed by atoms with Gasteiger partial charge in [-0.2, -0.15) is 0 Å². The normalized spacial score (nSPS) is 15.9. The summed E-state index contributed by atoms with van der Waals surface area (Å²) in [7, 11) is 0. The number of ether oxygens (including phenoxy) is 2. The Bertz CT molecular complexity index is 557. The van der Waals surface area contributed by atoms with Crippen molar-refractivity contribution in [3.63, 3.8) is 0 Å². The maximum atomic E-state index is 12.4. The van der Waals surface area contributed by atoms with Crippen LogP contribution in [0, 0.1) is 5.92 Å². The molecule has 1 aliphatic heterocycles. The van der Waals surface area contributed by atoms with Crippen molar-refractivity contribution < 1.29 is 14.3 Å².